The van der Waals surface area contributed by atoms with Crippen molar-refractivity contribution in [2.45, 2.75) is 26.7 Å². The number of amides is 3. The third-order valence-corrected chi connectivity index (χ3v) is 4.92. The number of hydrogen-bond donors (Lipinski definition) is 0. The van der Waals surface area contributed by atoms with E-state index < -0.39 is 0 Å². The van der Waals surface area contributed by atoms with Crippen LogP contribution in [0.15, 0.2) is 18.2 Å². The summed E-state index contributed by atoms with van der Waals surface area (Å²) >= 11 is 0. The molecule has 0 radical (unpaired) electrons. The molecule has 0 aromatic heterocycles. The lowest BCUT2D eigenvalue weighted by Gasteiger charge is -2.34. The van der Waals surface area contributed by atoms with Crippen LogP contribution in [0.5, 0.6) is 0 Å². The van der Waals surface area contributed by atoms with Gasteiger partial charge in [0.25, 0.3) is 5.91 Å². The van der Waals surface area contributed by atoms with Gasteiger partial charge in [-0.15, -0.1) is 0 Å². The minimum absolute atomic E-state index is 0.0309. The molecule has 2 heterocycles. The first kappa shape index (κ1) is 18.2. The average Bonchev–Trinajstić information content (AvgIpc) is 3.10. The molecule has 0 bridgehead atoms. The SMILES string of the molecule is CCOC(=O)N1CCN(C(=O)c2ccc3c(c2)CCN3C(=O)CC)CC1. The van der Waals surface area contributed by atoms with Crippen LogP contribution in [0.3, 0.4) is 0 Å². The van der Waals surface area contributed by atoms with E-state index >= 15 is 0 Å². The molecule has 7 heteroatoms. The van der Waals surface area contributed by atoms with Gasteiger partial charge in [-0.05, 0) is 37.1 Å². The second-order valence-electron chi connectivity index (χ2n) is 6.47. The largest absolute Gasteiger partial charge is 0.450 e. The van der Waals surface area contributed by atoms with Gasteiger partial charge in [0.1, 0.15) is 0 Å². The number of fused-ring (bicyclic) bond motifs is 1. The van der Waals surface area contributed by atoms with E-state index in [-0.39, 0.29) is 17.9 Å². The van der Waals surface area contributed by atoms with Crippen LogP contribution in [0.25, 0.3) is 0 Å². The van der Waals surface area contributed by atoms with Gasteiger partial charge >= 0.3 is 6.09 Å². The lowest BCUT2D eigenvalue weighted by atomic mass is 10.1. The number of piperazine rings is 1. The summed E-state index contributed by atoms with van der Waals surface area (Å²) < 4.78 is 5.00. The molecule has 0 N–H and O–H groups in total. The molecule has 1 aromatic rings. The molecular formula is C19H25N3O4. The number of hydrogen-bond acceptors (Lipinski definition) is 4. The quantitative estimate of drug-likeness (QED) is 0.826. The maximum absolute atomic E-state index is 12.8. The van der Waals surface area contributed by atoms with Crippen molar-refractivity contribution in [2.24, 2.45) is 0 Å². The number of anilines is 1. The van der Waals surface area contributed by atoms with Gasteiger partial charge in [-0.2, -0.15) is 0 Å². The Balaban J connectivity index is 1.65. The van der Waals surface area contributed by atoms with Gasteiger partial charge in [-0.3, -0.25) is 9.59 Å². The molecule has 0 aliphatic carbocycles. The van der Waals surface area contributed by atoms with E-state index in [0.717, 1.165) is 17.7 Å². The highest BCUT2D eigenvalue weighted by molar-refractivity contribution is 5.98. The molecule has 3 amide bonds. The Kier molecular flexibility index (Phi) is 5.44. The molecule has 0 atom stereocenters. The average molecular weight is 359 g/mol. The predicted molar refractivity (Wildman–Crippen MR) is 97.3 cm³/mol. The summed E-state index contributed by atoms with van der Waals surface area (Å²) in [7, 11) is 0. The summed E-state index contributed by atoms with van der Waals surface area (Å²) in [6.07, 6.45) is 0.932. The van der Waals surface area contributed by atoms with Gasteiger partial charge in [0.15, 0.2) is 0 Å². The Morgan fingerprint density at radius 2 is 1.69 bits per heavy atom. The molecule has 2 aliphatic rings. The highest BCUT2D eigenvalue weighted by Crippen LogP contribution is 2.29. The van der Waals surface area contributed by atoms with E-state index in [1.54, 1.807) is 27.7 Å². The second-order valence-corrected chi connectivity index (χ2v) is 6.47. The topological polar surface area (TPSA) is 70.2 Å². The molecule has 2 aliphatic heterocycles. The molecule has 7 nitrogen and oxygen atoms in total. The summed E-state index contributed by atoms with van der Waals surface area (Å²) in [4.78, 5) is 41.7. The smallest absolute Gasteiger partial charge is 0.409 e. The summed E-state index contributed by atoms with van der Waals surface area (Å²) in [5.74, 6) is 0.0782. The van der Waals surface area contributed by atoms with Gasteiger partial charge in [0.2, 0.25) is 5.91 Å². The number of nitrogens with zero attached hydrogens (tertiary/aromatic N) is 3. The summed E-state index contributed by atoms with van der Waals surface area (Å²) in [6, 6.07) is 5.57. The normalized spacial score (nSPS) is 16.5. The molecule has 140 valence electrons. The van der Waals surface area contributed by atoms with E-state index in [9.17, 15) is 14.4 Å². The summed E-state index contributed by atoms with van der Waals surface area (Å²) in [6.45, 7) is 6.62. The lowest BCUT2D eigenvalue weighted by Crippen LogP contribution is -2.50. The fourth-order valence-electron chi connectivity index (χ4n) is 3.47. The number of carbonyl (C=O) groups is 3. The van der Waals surface area contributed by atoms with Crippen LogP contribution in [0.2, 0.25) is 0 Å². The molecule has 0 spiro atoms. The monoisotopic (exact) mass is 359 g/mol. The molecule has 26 heavy (non-hydrogen) atoms. The van der Waals surface area contributed by atoms with Gasteiger partial charge in [-0.1, -0.05) is 6.92 Å². The second kappa shape index (κ2) is 7.76. The summed E-state index contributed by atoms with van der Waals surface area (Å²) in [5, 5.41) is 0. The molecule has 1 saturated heterocycles. The molecule has 1 aromatic carbocycles. The van der Waals surface area contributed by atoms with Crippen LogP contribution in [0, 0.1) is 0 Å². The van der Waals surface area contributed by atoms with Gasteiger partial charge in [0.05, 0.1) is 6.61 Å². The minimum Gasteiger partial charge on any atom is -0.450 e. The zero-order valence-corrected chi connectivity index (χ0v) is 15.4. The van der Waals surface area contributed by atoms with Gasteiger partial charge in [0, 0.05) is 50.4 Å². The van der Waals surface area contributed by atoms with E-state index in [0.29, 0.717) is 51.3 Å². The van der Waals surface area contributed by atoms with Crippen molar-refractivity contribution in [3.05, 3.63) is 29.3 Å². The highest BCUT2D eigenvalue weighted by Gasteiger charge is 2.28. The maximum atomic E-state index is 12.8. The maximum Gasteiger partial charge on any atom is 0.409 e. The van der Waals surface area contributed by atoms with E-state index in [1.165, 1.54) is 0 Å². The van der Waals surface area contributed by atoms with Crippen molar-refractivity contribution >= 4 is 23.6 Å². The van der Waals surface area contributed by atoms with Crippen molar-refractivity contribution < 1.29 is 19.1 Å². The molecule has 0 saturated carbocycles. The first-order valence-electron chi connectivity index (χ1n) is 9.19. The van der Waals surface area contributed by atoms with Crippen LogP contribution in [0.4, 0.5) is 10.5 Å². The molecule has 0 unspecified atom stereocenters. The fourth-order valence-corrected chi connectivity index (χ4v) is 3.47. The Hall–Kier alpha value is -2.57. The van der Waals surface area contributed by atoms with Crippen LogP contribution in [-0.4, -0.2) is 67.0 Å². The fraction of sp³-hybridized carbons (Fsp3) is 0.526. The Labute approximate surface area is 153 Å². The third-order valence-electron chi connectivity index (χ3n) is 4.92. The van der Waals surface area contributed by atoms with Gasteiger partial charge < -0.3 is 19.4 Å². The van der Waals surface area contributed by atoms with Gasteiger partial charge in [-0.25, -0.2) is 4.79 Å². The van der Waals surface area contributed by atoms with Crippen molar-refractivity contribution in [3.63, 3.8) is 0 Å². The van der Waals surface area contributed by atoms with Crippen LogP contribution < -0.4 is 4.90 Å². The number of carbonyl (C=O) groups excluding carboxylic acids is 3. The number of ether oxygens (including phenoxy) is 1. The Morgan fingerprint density at radius 3 is 2.35 bits per heavy atom. The van der Waals surface area contributed by atoms with Crippen molar-refractivity contribution in [1.29, 1.82) is 0 Å². The zero-order chi connectivity index (χ0) is 18.7. The van der Waals surface area contributed by atoms with E-state index in [2.05, 4.69) is 0 Å². The predicted octanol–water partition coefficient (Wildman–Crippen LogP) is 1.90. The molecule has 3 rings (SSSR count). The number of benzene rings is 1. The zero-order valence-electron chi connectivity index (χ0n) is 15.4. The molecule has 1 fully saturated rings. The van der Waals surface area contributed by atoms with Crippen LogP contribution in [-0.2, 0) is 16.0 Å². The number of rotatable bonds is 3. The highest BCUT2D eigenvalue weighted by atomic mass is 16.6. The van der Waals surface area contributed by atoms with Crippen molar-refractivity contribution in [3.8, 4) is 0 Å². The minimum atomic E-state index is -0.321. The Bertz CT molecular complexity index is 711. The van der Waals surface area contributed by atoms with Crippen molar-refractivity contribution in [2.75, 3.05) is 44.2 Å². The van der Waals surface area contributed by atoms with E-state index in [1.807, 2.05) is 19.1 Å². The van der Waals surface area contributed by atoms with Crippen molar-refractivity contribution in [1.82, 2.24) is 9.80 Å². The summed E-state index contributed by atoms with van der Waals surface area (Å²) in [5.41, 5.74) is 2.60. The van der Waals surface area contributed by atoms with Crippen LogP contribution >= 0.6 is 0 Å². The Morgan fingerprint density at radius 1 is 1.00 bits per heavy atom. The third kappa shape index (κ3) is 3.52. The molecular weight excluding hydrogens is 334 g/mol. The standard InChI is InChI=1S/C19H25N3O4/c1-3-17(23)22-8-7-14-13-15(5-6-16(14)22)18(24)20-9-11-21(12-10-20)19(25)26-4-2/h5-6,13H,3-4,7-12H2,1-2H3. The van der Waals surface area contributed by atoms with Crippen LogP contribution in [0.1, 0.15) is 36.2 Å². The van der Waals surface area contributed by atoms with E-state index in [4.69, 9.17) is 4.74 Å². The first-order chi connectivity index (χ1) is 12.5. The first-order valence-corrected chi connectivity index (χ1v) is 9.19. The lowest BCUT2D eigenvalue weighted by molar-refractivity contribution is -0.118.